The van der Waals surface area contributed by atoms with Crippen LogP contribution in [0.1, 0.15) is 29.2 Å². The molecule has 3 heteroatoms. The van der Waals surface area contributed by atoms with Gasteiger partial charge in [0.25, 0.3) is 0 Å². The molecule has 0 radical (unpaired) electrons. The minimum absolute atomic E-state index is 0.161. The smallest absolute Gasteiger partial charge is 0.329 e. The first kappa shape index (κ1) is 16.7. The largest absolute Gasteiger partial charge is 0.463 e. The maximum atomic E-state index is 12.2. The fraction of sp³-hybridized carbons (Fsp3) is 0.471. The summed E-state index contributed by atoms with van der Waals surface area (Å²) in [6.45, 7) is 15.1. The highest BCUT2D eigenvalue weighted by atomic mass is 28.3. The summed E-state index contributed by atoms with van der Waals surface area (Å²) in [5, 5.41) is 0.856. The zero-order valence-corrected chi connectivity index (χ0v) is 14.8. The molecule has 0 N–H and O–H groups in total. The Morgan fingerprint density at radius 1 is 1.15 bits per heavy atom. The molecule has 0 atom stereocenters. The fourth-order valence-electron chi connectivity index (χ4n) is 2.35. The molecule has 0 heterocycles. The Balaban J connectivity index is 3.38. The highest BCUT2D eigenvalue weighted by Crippen LogP contribution is 2.24. The second kappa shape index (κ2) is 6.40. The van der Waals surface area contributed by atoms with Crippen LogP contribution in [-0.2, 0) is 9.53 Å². The number of aryl methyl sites for hydroxylation is 3. The molecular weight excluding hydrogens is 264 g/mol. The minimum Gasteiger partial charge on any atom is -0.463 e. The molecule has 0 aromatic heterocycles. The van der Waals surface area contributed by atoms with Gasteiger partial charge in [0, 0.05) is 5.20 Å². The van der Waals surface area contributed by atoms with Crippen molar-refractivity contribution in [2.24, 2.45) is 0 Å². The van der Waals surface area contributed by atoms with E-state index >= 15 is 0 Å². The molecule has 2 nitrogen and oxygen atoms in total. The molecule has 20 heavy (non-hydrogen) atoms. The van der Waals surface area contributed by atoms with Crippen LogP contribution in [0.5, 0.6) is 0 Å². The van der Waals surface area contributed by atoms with E-state index in [1.807, 2.05) is 13.0 Å². The van der Waals surface area contributed by atoms with Crippen molar-refractivity contribution in [3.05, 3.63) is 39.6 Å². The molecule has 0 fully saturated rings. The van der Waals surface area contributed by atoms with Crippen molar-refractivity contribution in [1.82, 2.24) is 0 Å². The van der Waals surface area contributed by atoms with Crippen LogP contribution in [0, 0.1) is 20.8 Å². The second-order valence-corrected chi connectivity index (χ2v) is 11.4. The van der Waals surface area contributed by atoms with Crippen LogP contribution in [0.15, 0.2) is 17.3 Å². The quantitative estimate of drug-likeness (QED) is 0.465. The van der Waals surface area contributed by atoms with E-state index in [9.17, 15) is 4.79 Å². The number of carbonyl (C=O) groups is 1. The van der Waals surface area contributed by atoms with Crippen LogP contribution in [0.25, 0.3) is 6.08 Å². The SMILES string of the molecule is CCOC(=O)/C(=C\c1c(C)cc(C)cc1C)[Si](C)(C)C. The molecule has 0 amide bonds. The third-order valence-corrected chi connectivity index (χ3v) is 5.29. The van der Waals surface area contributed by atoms with Crippen LogP contribution in [0.4, 0.5) is 0 Å². The standard InChI is InChI=1S/C17H26O2Si/c1-8-19-17(18)16(20(5,6)7)11-15-13(3)9-12(2)10-14(15)4/h9-11H,8H2,1-7H3/b16-11+. The molecule has 0 aliphatic carbocycles. The zero-order chi connectivity index (χ0) is 15.5. The lowest BCUT2D eigenvalue weighted by atomic mass is 9.99. The third-order valence-electron chi connectivity index (χ3n) is 3.33. The van der Waals surface area contributed by atoms with Gasteiger partial charge in [-0.15, -0.1) is 0 Å². The zero-order valence-electron chi connectivity index (χ0n) is 13.8. The first-order valence-corrected chi connectivity index (χ1v) is 10.6. The number of rotatable bonds is 4. The van der Waals surface area contributed by atoms with Crippen LogP contribution in [-0.4, -0.2) is 20.7 Å². The lowest BCUT2D eigenvalue weighted by Gasteiger charge is -2.20. The molecule has 0 aliphatic rings. The van der Waals surface area contributed by atoms with Gasteiger partial charge in [-0.2, -0.15) is 0 Å². The van der Waals surface area contributed by atoms with Gasteiger partial charge in [-0.05, 0) is 50.5 Å². The van der Waals surface area contributed by atoms with E-state index in [4.69, 9.17) is 4.74 Å². The number of benzene rings is 1. The molecule has 1 aromatic carbocycles. The summed E-state index contributed by atoms with van der Waals surface area (Å²) in [7, 11) is -1.74. The van der Waals surface area contributed by atoms with Gasteiger partial charge in [-0.3, -0.25) is 0 Å². The highest BCUT2D eigenvalue weighted by molar-refractivity contribution is 6.87. The molecule has 0 aliphatic heterocycles. The van der Waals surface area contributed by atoms with Crippen molar-refractivity contribution in [3.8, 4) is 0 Å². The maximum absolute atomic E-state index is 12.2. The van der Waals surface area contributed by atoms with Gasteiger partial charge >= 0.3 is 5.97 Å². The molecule has 0 unspecified atom stereocenters. The van der Waals surface area contributed by atoms with Gasteiger partial charge in [-0.1, -0.05) is 37.3 Å². The molecule has 0 spiro atoms. The molecule has 0 saturated carbocycles. The van der Waals surface area contributed by atoms with E-state index in [2.05, 4.69) is 52.5 Å². The Kier molecular flexibility index (Phi) is 5.34. The molecule has 1 rings (SSSR count). The van der Waals surface area contributed by atoms with Crippen molar-refractivity contribution in [2.45, 2.75) is 47.3 Å². The Bertz CT molecular complexity index is 513. The van der Waals surface area contributed by atoms with Crippen LogP contribution >= 0.6 is 0 Å². The van der Waals surface area contributed by atoms with E-state index in [-0.39, 0.29) is 5.97 Å². The summed E-state index contributed by atoms with van der Waals surface area (Å²) in [6, 6.07) is 4.32. The van der Waals surface area contributed by atoms with E-state index < -0.39 is 8.07 Å². The molecular formula is C17H26O2Si. The summed E-state index contributed by atoms with van der Waals surface area (Å²) < 4.78 is 5.23. The summed E-state index contributed by atoms with van der Waals surface area (Å²) in [5.74, 6) is -0.161. The Labute approximate surface area is 123 Å². The average molecular weight is 290 g/mol. The van der Waals surface area contributed by atoms with Crippen LogP contribution < -0.4 is 0 Å². The van der Waals surface area contributed by atoms with Crippen LogP contribution in [0.3, 0.4) is 0 Å². The Morgan fingerprint density at radius 2 is 1.65 bits per heavy atom. The van der Waals surface area contributed by atoms with Gasteiger partial charge in [0.05, 0.1) is 14.7 Å². The molecule has 1 aromatic rings. The summed E-state index contributed by atoms with van der Waals surface area (Å²) in [5.41, 5.74) is 4.83. The van der Waals surface area contributed by atoms with E-state index in [0.717, 1.165) is 10.8 Å². The van der Waals surface area contributed by atoms with Gasteiger partial charge in [0.1, 0.15) is 0 Å². The summed E-state index contributed by atoms with van der Waals surface area (Å²) >= 11 is 0. The van der Waals surface area contributed by atoms with Gasteiger partial charge < -0.3 is 4.74 Å². The monoisotopic (exact) mass is 290 g/mol. The molecule has 110 valence electrons. The van der Waals surface area contributed by atoms with Crippen molar-refractivity contribution in [3.63, 3.8) is 0 Å². The average Bonchev–Trinajstić information content (AvgIpc) is 2.25. The first-order valence-electron chi connectivity index (χ1n) is 7.14. The summed E-state index contributed by atoms with van der Waals surface area (Å²) in [6.07, 6.45) is 2.05. The minimum atomic E-state index is -1.74. The normalized spacial score (nSPS) is 12.4. The lowest BCUT2D eigenvalue weighted by Crippen LogP contribution is -2.30. The predicted octanol–water partition coefficient (Wildman–Crippen LogP) is 4.44. The van der Waals surface area contributed by atoms with Gasteiger partial charge in [-0.25, -0.2) is 4.79 Å². The van der Waals surface area contributed by atoms with Gasteiger partial charge in [0.15, 0.2) is 0 Å². The first-order chi connectivity index (χ1) is 9.16. The molecule has 0 bridgehead atoms. The summed E-state index contributed by atoms with van der Waals surface area (Å²) in [4.78, 5) is 12.2. The van der Waals surface area contributed by atoms with Crippen molar-refractivity contribution >= 4 is 20.1 Å². The van der Waals surface area contributed by atoms with Crippen molar-refractivity contribution in [2.75, 3.05) is 6.61 Å². The van der Waals surface area contributed by atoms with E-state index in [1.165, 1.54) is 16.7 Å². The third kappa shape index (κ3) is 4.07. The molecule has 0 saturated heterocycles. The topological polar surface area (TPSA) is 26.3 Å². The second-order valence-electron chi connectivity index (χ2n) is 6.34. The van der Waals surface area contributed by atoms with E-state index in [1.54, 1.807) is 0 Å². The number of hydrogen-bond donors (Lipinski definition) is 0. The number of hydrogen-bond acceptors (Lipinski definition) is 2. The predicted molar refractivity (Wildman–Crippen MR) is 88.6 cm³/mol. The van der Waals surface area contributed by atoms with Crippen molar-refractivity contribution in [1.29, 1.82) is 0 Å². The highest BCUT2D eigenvalue weighted by Gasteiger charge is 2.27. The lowest BCUT2D eigenvalue weighted by molar-refractivity contribution is -0.137. The van der Waals surface area contributed by atoms with Crippen molar-refractivity contribution < 1.29 is 9.53 Å². The maximum Gasteiger partial charge on any atom is 0.329 e. The Hall–Kier alpha value is -1.35. The fourth-order valence-corrected chi connectivity index (χ4v) is 3.62. The Morgan fingerprint density at radius 3 is 2.05 bits per heavy atom. The number of ether oxygens (including phenoxy) is 1. The van der Waals surface area contributed by atoms with Gasteiger partial charge in [0.2, 0.25) is 0 Å². The van der Waals surface area contributed by atoms with Crippen LogP contribution in [0.2, 0.25) is 19.6 Å². The number of carbonyl (C=O) groups excluding carboxylic acids is 1. The van der Waals surface area contributed by atoms with E-state index in [0.29, 0.717) is 6.61 Å². The number of esters is 1.